The van der Waals surface area contributed by atoms with Gasteiger partial charge in [0.25, 0.3) is 12.3 Å². The fraction of sp³-hybridized carbons (Fsp3) is 0.353. The quantitative estimate of drug-likeness (QED) is 0.747. The van der Waals surface area contributed by atoms with Crippen LogP contribution in [0.3, 0.4) is 0 Å². The molecule has 24 heavy (non-hydrogen) atoms. The normalized spacial score (nSPS) is 16.5. The molecule has 2 aromatic rings. The minimum atomic E-state index is -2.61. The van der Waals surface area contributed by atoms with Crippen molar-refractivity contribution in [3.8, 4) is 11.6 Å². The zero-order chi connectivity index (χ0) is 17.5. The molecule has 0 saturated heterocycles. The molecule has 0 aliphatic heterocycles. The zero-order valence-corrected chi connectivity index (χ0v) is 13.6. The summed E-state index contributed by atoms with van der Waals surface area (Å²) in [6.07, 6.45) is 2.82. The van der Waals surface area contributed by atoms with E-state index in [0.29, 0.717) is 5.82 Å². The van der Waals surface area contributed by atoms with Gasteiger partial charge in [0.05, 0.1) is 5.41 Å². The summed E-state index contributed by atoms with van der Waals surface area (Å²) in [5.41, 5.74) is 1.55. The standard InChI is InChI=1S/C17H18F2N4O/c1-5-10(3)11(6-2)17(7-8-17)16-20-15(24-22-16)12-9-13(14(18)19)23(4)21-12/h5-6,9,14H,1,3,7-8H2,2,4H3/b11-6+. The molecule has 0 spiro atoms. The highest BCUT2D eigenvalue weighted by Crippen LogP contribution is 2.54. The SMILES string of the molecule is C=CC(=C)/C(=C\C)C1(c2noc(-c3cc(C(F)F)n(C)n3)n2)CC1. The van der Waals surface area contributed by atoms with Gasteiger partial charge >= 0.3 is 0 Å². The fourth-order valence-electron chi connectivity index (χ4n) is 2.93. The highest BCUT2D eigenvalue weighted by molar-refractivity contribution is 5.52. The molecule has 1 saturated carbocycles. The smallest absolute Gasteiger partial charge is 0.280 e. The zero-order valence-electron chi connectivity index (χ0n) is 13.6. The van der Waals surface area contributed by atoms with Crippen molar-refractivity contribution in [3.05, 3.63) is 54.0 Å². The number of halogens is 2. The Bertz CT molecular complexity index is 828. The van der Waals surface area contributed by atoms with Crippen molar-refractivity contribution in [2.24, 2.45) is 7.05 Å². The lowest BCUT2D eigenvalue weighted by Gasteiger charge is -2.15. The van der Waals surface area contributed by atoms with Crippen molar-refractivity contribution >= 4 is 0 Å². The second-order valence-corrected chi connectivity index (χ2v) is 5.82. The largest absolute Gasteiger partial charge is 0.332 e. The van der Waals surface area contributed by atoms with Gasteiger partial charge in [0.15, 0.2) is 11.5 Å². The number of alkyl halides is 2. The predicted octanol–water partition coefficient (Wildman–Crippen LogP) is 4.13. The third kappa shape index (κ3) is 2.50. The molecule has 1 aliphatic rings. The Morgan fingerprint density at radius 2 is 2.17 bits per heavy atom. The van der Waals surface area contributed by atoms with E-state index in [1.165, 1.54) is 13.1 Å². The van der Waals surface area contributed by atoms with Crippen molar-refractivity contribution in [1.29, 1.82) is 0 Å². The van der Waals surface area contributed by atoms with E-state index >= 15 is 0 Å². The minimum Gasteiger partial charge on any atom is -0.332 e. The monoisotopic (exact) mass is 332 g/mol. The minimum absolute atomic E-state index is 0.137. The second kappa shape index (κ2) is 5.81. The van der Waals surface area contributed by atoms with E-state index in [-0.39, 0.29) is 22.7 Å². The summed E-state index contributed by atoms with van der Waals surface area (Å²) in [6, 6.07) is 1.26. The molecule has 0 unspecified atom stereocenters. The van der Waals surface area contributed by atoms with E-state index in [0.717, 1.165) is 28.7 Å². The van der Waals surface area contributed by atoms with Crippen LogP contribution in [0.5, 0.6) is 0 Å². The fourth-order valence-corrected chi connectivity index (χ4v) is 2.93. The molecule has 3 rings (SSSR count). The first kappa shape index (κ1) is 16.3. The van der Waals surface area contributed by atoms with E-state index in [9.17, 15) is 8.78 Å². The van der Waals surface area contributed by atoms with Gasteiger partial charge in [0, 0.05) is 7.05 Å². The molecule has 0 amide bonds. The number of nitrogens with zero attached hydrogens (tertiary/aromatic N) is 4. The van der Waals surface area contributed by atoms with Crippen LogP contribution in [0.1, 0.15) is 37.7 Å². The Morgan fingerprint density at radius 1 is 1.46 bits per heavy atom. The lowest BCUT2D eigenvalue weighted by Crippen LogP contribution is -2.13. The molecule has 1 fully saturated rings. The molecule has 7 heteroatoms. The van der Waals surface area contributed by atoms with Gasteiger partial charge in [-0.1, -0.05) is 30.5 Å². The molecule has 0 N–H and O–H groups in total. The summed E-state index contributed by atoms with van der Waals surface area (Å²) >= 11 is 0. The molecule has 2 aromatic heterocycles. The van der Waals surface area contributed by atoms with Gasteiger partial charge < -0.3 is 4.52 Å². The number of hydrogen-bond donors (Lipinski definition) is 0. The van der Waals surface area contributed by atoms with Crippen LogP contribution >= 0.6 is 0 Å². The highest BCUT2D eigenvalue weighted by atomic mass is 19.3. The number of allylic oxidation sites excluding steroid dienone is 4. The van der Waals surface area contributed by atoms with Crippen LogP contribution in [-0.4, -0.2) is 19.9 Å². The van der Waals surface area contributed by atoms with Gasteiger partial charge in [-0.05, 0) is 37.0 Å². The lowest BCUT2D eigenvalue weighted by atomic mass is 9.89. The first-order valence-electron chi connectivity index (χ1n) is 7.58. The van der Waals surface area contributed by atoms with Gasteiger partial charge in [-0.25, -0.2) is 8.78 Å². The first-order valence-corrected chi connectivity index (χ1v) is 7.58. The van der Waals surface area contributed by atoms with Crippen LogP contribution in [0.4, 0.5) is 8.78 Å². The third-order valence-corrected chi connectivity index (χ3v) is 4.36. The lowest BCUT2D eigenvalue weighted by molar-refractivity contribution is 0.141. The molecule has 0 bridgehead atoms. The molecule has 5 nitrogen and oxygen atoms in total. The van der Waals surface area contributed by atoms with Crippen LogP contribution in [0.2, 0.25) is 0 Å². The molecular weight excluding hydrogens is 314 g/mol. The van der Waals surface area contributed by atoms with Crippen molar-refractivity contribution in [2.45, 2.75) is 31.6 Å². The van der Waals surface area contributed by atoms with Crippen molar-refractivity contribution in [2.75, 3.05) is 0 Å². The van der Waals surface area contributed by atoms with E-state index in [2.05, 4.69) is 28.4 Å². The van der Waals surface area contributed by atoms with E-state index in [1.54, 1.807) is 6.08 Å². The highest BCUT2D eigenvalue weighted by Gasteiger charge is 2.51. The summed E-state index contributed by atoms with van der Waals surface area (Å²) in [5.74, 6) is 0.663. The van der Waals surface area contributed by atoms with Crippen molar-refractivity contribution < 1.29 is 13.3 Å². The topological polar surface area (TPSA) is 56.7 Å². The van der Waals surface area contributed by atoms with Gasteiger partial charge in [0.2, 0.25) is 0 Å². The number of aryl methyl sites for hydroxylation is 1. The van der Waals surface area contributed by atoms with Crippen LogP contribution < -0.4 is 0 Å². The molecule has 2 heterocycles. The summed E-state index contributed by atoms with van der Waals surface area (Å²) in [7, 11) is 1.46. The Balaban J connectivity index is 1.95. The maximum Gasteiger partial charge on any atom is 0.280 e. The van der Waals surface area contributed by atoms with Crippen LogP contribution in [0.15, 0.2) is 47.0 Å². The van der Waals surface area contributed by atoms with Crippen LogP contribution in [-0.2, 0) is 12.5 Å². The summed E-state index contributed by atoms with van der Waals surface area (Å²) in [6.45, 7) is 9.69. The van der Waals surface area contributed by atoms with Gasteiger partial charge in [0.1, 0.15) is 5.69 Å². The van der Waals surface area contributed by atoms with Crippen molar-refractivity contribution in [1.82, 2.24) is 19.9 Å². The third-order valence-electron chi connectivity index (χ3n) is 4.36. The molecule has 0 aromatic carbocycles. The Kier molecular flexibility index (Phi) is 3.95. The maximum atomic E-state index is 12.9. The predicted molar refractivity (Wildman–Crippen MR) is 85.5 cm³/mol. The van der Waals surface area contributed by atoms with Crippen molar-refractivity contribution in [3.63, 3.8) is 0 Å². The average molecular weight is 332 g/mol. The summed E-state index contributed by atoms with van der Waals surface area (Å²) in [4.78, 5) is 4.40. The average Bonchev–Trinajstić information content (AvgIpc) is 3.02. The number of hydrogen-bond acceptors (Lipinski definition) is 4. The Morgan fingerprint density at radius 3 is 2.67 bits per heavy atom. The second-order valence-electron chi connectivity index (χ2n) is 5.82. The molecule has 0 radical (unpaired) electrons. The van der Waals surface area contributed by atoms with Gasteiger partial charge in [-0.3, -0.25) is 4.68 Å². The van der Waals surface area contributed by atoms with E-state index in [4.69, 9.17) is 4.52 Å². The maximum absolute atomic E-state index is 12.9. The Hall–Kier alpha value is -2.57. The van der Waals surface area contributed by atoms with Crippen LogP contribution in [0, 0.1) is 0 Å². The Labute approximate surface area is 138 Å². The summed E-state index contributed by atoms with van der Waals surface area (Å²) < 4.78 is 32.2. The first-order chi connectivity index (χ1) is 11.4. The molecular formula is C17H18F2N4O. The number of rotatable bonds is 6. The van der Waals surface area contributed by atoms with E-state index in [1.807, 2.05) is 13.0 Å². The molecule has 1 aliphatic carbocycles. The van der Waals surface area contributed by atoms with Gasteiger partial charge in [-0.2, -0.15) is 10.1 Å². The number of aromatic nitrogens is 4. The summed E-state index contributed by atoms with van der Waals surface area (Å²) in [5, 5.41) is 8.08. The van der Waals surface area contributed by atoms with Crippen LogP contribution in [0.25, 0.3) is 11.6 Å². The van der Waals surface area contributed by atoms with Gasteiger partial charge in [-0.15, -0.1) is 0 Å². The molecule has 0 atom stereocenters. The molecule has 126 valence electrons. The van der Waals surface area contributed by atoms with E-state index < -0.39 is 6.43 Å².